The Morgan fingerprint density at radius 1 is 1.53 bits per heavy atom. The van der Waals surface area contributed by atoms with E-state index in [4.69, 9.17) is 10.00 Å². The molecule has 2 heterocycles. The number of hydrogen-bond donors (Lipinski definition) is 0. The van der Waals surface area contributed by atoms with Crippen molar-refractivity contribution in [3.05, 3.63) is 24.5 Å². The molecular weight excluding hydrogens is 218 g/mol. The molecule has 0 unspecified atom stereocenters. The van der Waals surface area contributed by atoms with Gasteiger partial charge < -0.3 is 9.64 Å². The predicted molar refractivity (Wildman–Crippen MR) is 61.2 cm³/mol. The van der Waals surface area contributed by atoms with E-state index < -0.39 is 0 Å². The van der Waals surface area contributed by atoms with Crippen LogP contribution in [0.15, 0.2) is 24.5 Å². The molecule has 1 aromatic heterocycles. The van der Waals surface area contributed by atoms with Gasteiger partial charge in [0.2, 0.25) is 0 Å². The zero-order valence-electron chi connectivity index (χ0n) is 9.54. The maximum Gasteiger partial charge on any atom is 0.328 e. The Bertz CT molecular complexity index is 441. The molecule has 0 saturated carbocycles. The first kappa shape index (κ1) is 11.4. The van der Waals surface area contributed by atoms with Crippen LogP contribution in [0.2, 0.25) is 0 Å². The molecule has 1 saturated heterocycles. The summed E-state index contributed by atoms with van der Waals surface area (Å²) in [5.41, 5.74) is 0.833. The third-order valence-electron chi connectivity index (χ3n) is 2.97. The molecule has 0 bridgehead atoms. The van der Waals surface area contributed by atoms with Gasteiger partial charge in [-0.3, -0.25) is 4.98 Å². The van der Waals surface area contributed by atoms with Crippen LogP contribution in [0.4, 0.5) is 5.69 Å². The third-order valence-corrected chi connectivity index (χ3v) is 2.97. The quantitative estimate of drug-likeness (QED) is 0.713. The van der Waals surface area contributed by atoms with E-state index in [1.807, 2.05) is 4.90 Å². The maximum atomic E-state index is 11.7. The Morgan fingerprint density at radius 2 is 2.24 bits per heavy atom. The number of esters is 1. The van der Waals surface area contributed by atoms with E-state index in [9.17, 15) is 4.79 Å². The molecule has 0 amide bonds. The van der Waals surface area contributed by atoms with Gasteiger partial charge in [0.15, 0.2) is 0 Å². The van der Waals surface area contributed by atoms with Crippen molar-refractivity contribution < 1.29 is 9.53 Å². The average Bonchev–Trinajstić information content (AvgIpc) is 2.82. The van der Waals surface area contributed by atoms with E-state index in [0.29, 0.717) is 12.8 Å². The van der Waals surface area contributed by atoms with Gasteiger partial charge in [-0.05, 0) is 25.0 Å². The third kappa shape index (κ3) is 2.07. The van der Waals surface area contributed by atoms with Crippen molar-refractivity contribution in [2.45, 2.75) is 24.9 Å². The van der Waals surface area contributed by atoms with Crippen LogP contribution in [-0.4, -0.2) is 30.1 Å². The molecule has 0 aromatic carbocycles. The summed E-state index contributed by atoms with van der Waals surface area (Å²) in [5, 5.41) is 9.11. The summed E-state index contributed by atoms with van der Waals surface area (Å²) in [6, 6.07) is 5.17. The predicted octanol–water partition coefficient (Wildman–Crippen LogP) is 1.12. The topological polar surface area (TPSA) is 66.2 Å². The average molecular weight is 231 g/mol. The number of carbonyl (C=O) groups excluding carboxylic acids is 1. The summed E-state index contributed by atoms with van der Waals surface area (Å²) < 4.78 is 4.77. The minimum absolute atomic E-state index is 0.276. The lowest BCUT2D eigenvalue weighted by atomic mass is 10.2. The Labute approximate surface area is 99.6 Å². The molecule has 2 atom stereocenters. The van der Waals surface area contributed by atoms with Crippen LogP contribution in [0, 0.1) is 11.3 Å². The fraction of sp³-hybridized carbons (Fsp3) is 0.417. The van der Waals surface area contributed by atoms with Gasteiger partial charge in [0.05, 0.1) is 13.2 Å². The highest BCUT2D eigenvalue weighted by Crippen LogP contribution is 2.30. The molecule has 0 radical (unpaired) electrons. The van der Waals surface area contributed by atoms with Crippen molar-refractivity contribution in [3.8, 4) is 6.07 Å². The number of ether oxygens (including phenoxy) is 1. The van der Waals surface area contributed by atoms with Gasteiger partial charge in [0.25, 0.3) is 0 Å². The largest absolute Gasteiger partial charge is 0.467 e. The van der Waals surface area contributed by atoms with Gasteiger partial charge in [0, 0.05) is 18.1 Å². The molecule has 88 valence electrons. The molecule has 0 spiro atoms. The van der Waals surface area contributed by atoms with Crippen molar-refractivity contribution in [1.29, 1.82) is 5.26 Å². The van der Waals surface area contributed by atoms with E-state index in [-0.39, 0.29) is 18.1 Å². The number of hydrogen-bond acceptors (Lipinski definition) is 5. The molecule has 1 aromatic rings. The molecule has 2 rings (SSSR count). The van der Waals surface area contributed by atoms with E-state index in [0.717, 1.165) is 5.69 Å². The second kappa shape index (κ2) is 4.83. The summed E-state index contributed by atoms with van der Waals surface area (Å²) in [4.78, 5) is 17.4. The van der Waals surface area contributed by atoms with Gasteiger partial charge in [-0.2, -0.15) is 5.26 Å². The van der Waals surface area contributed by atoms with Crippen molar-refractivity contribution in [2.75, 3.05) is 12.0 Å². The lowest BCUT2D eigenvalue weighted by Crippen LogP contribution is -2.41. The molecular formula is C12H13N3O2. The SMILES string of the molecule is COC(=O)[C@@H]1CC[C@H](C#N)N1c1ccncc1. The zero-order valence-corrected chi connectivity index (χ0v) is 9.54. The molecule has 0 aliphatic carbocycles. The molecule has 0 N–H and O–H groups in total. The smallest absolute Gasteiger partial charge is 0.328 e. The molecule has 5 nitrogen and oxygen atoms in total. The Morgan fingerprint density at radius 3 is 2.82 bits per heavy atom. The van der Waals surface area contributed by atoms with Gasteiger partial charge >= 0.3 is 5.97 Å². The highest BCUT2D eigenvalue weighted by molar-refractivity contribution is 5.81. The van der Waals surface area contributed by atoms with Crippen molar-refractivity contribution in [2.24, 2.45) is 0 Å². The zero-order chi connectivity index (χ0) is 12.3. The Kier molecular flexibility index (Phi) is 3.24. The van der Waals surface area contributed by atoms with Crippen molar-refractivity contribution in [3.63, 3.8) is 0 Å². The van der Waals surface area contributed by atoms with Crippen LogP contribution in [0.3, 0.4) is 0 Å². The van der Waals surface area contributed by atoms with E-state index in [2.05, 4.69) is 11.1 Å². The number of nitriles is 1. The summed E-state index contributed by atoms with van der Waals surface area (Å²) >= 11 is 0. The number of pyridine rings is 1. The second-order valence-electron chi connectivity index (χ2n) is 3.87. The van der Waals surface area contributed by atoms with E-state index in [1.165, 1.54) is 7.11 Å². The highest BCUT2D eigenvalue weighted by atomic mass is 16.5. The number of rotatable bonds is 2. The van der Waals surface area contributed by atoms with Crippen LogP contribution in [0.5, 0.6) is 0 Å². The minimum atomic E-state index is -0.368. The Balaban J connectivity index is 2.32. The fourth-order valence-corrected chi connectivity index (χ4v) is 2.18. The first-order chi connectivity index (χ1) is 8.27. The Hall–Kier alpha value is -2.09. The van der Waals surface area contributed by atoms with Crippen LogP contribution >= 0.6 is 0 Å². The standard InChI is InChI=1S/C12H13N3O2/c1-17-12(16)11-3-2-10(8-13)15(11)9-4-6-14-7-5-9/h4-7,10-11H,2-3H2,1H3/t10-,11+/m1/s1. The molecule has 1 fully saturated rings. The van der Waals surface area contributed by atoms with Crippen LogP contribution in [0.1, 0.15) is 12.8 Å². The number of aromatic nitrogens is 1. The van der Waals surface area contributed by atoms with Gasteiger partial charge in [0.1, 0.15) is 12.1 Å². The normalized spacial score (nSPS) is 23.2. The van der Waals surface area contributed by atoms with E-state index in [1.54, 1.807) is 24.5 Å². The van der Waals surface area contributed by atoms with E-state index >= 15 is 0 Å². The molecule has 17 heavy (non-hydrogen) atoms. The number of methoxy groups -OCH3 is 1. The lowest BCUT2D eigenvalue weighted by molar-refractivity contribution is -0.141. The van der Waals surface area contributed by atoms with Crippen molar-refractivity contribution >= 4 is 11.7 Å². The highest BCUT2D eigenvalue weighted by Gasteiger charge is 2.38. The fourth-order valence-electron chi connectivity index (χ4n) is 2.18. The number of nitrogens with zero attached hydrogens (tertiary/aromatic N) is 3. The summed E-state index contributed by atoms with van der Waals surface area (Å²) in [6.07, 6.45) is 4.62. The lowest BCUT2D eigenvalue weighted by Gasteiger charge is -2.27. The summed E-state index contributed by atoms with van der Waals surface area (Å²) in [5.74, 6) is -0.292. The molecule has 1 aliphatic rings. The maximum absolute atomic E-state index is 11.7. The van der Waals surface area contributed by atoms with Gasteiger partial charge in [-0.25, -0.2) is 4.79 Å². The monoisotopic (exact) mass is 231 g/mol. The minimum Gasteiger partial charge on any atom is -0.467 e. The van der Waals surface area contributed by atoms with Gasteiger partial charge in [-0.15, -0.1) is 0 Å². The van der Waals surface area contributed by atoms with Gasteiger partial charge in [-0.1, -0.05) is 0 Å². The summed E-state index contributed by atoms with van der Waals surface area (Å²) in [6.45, 7) is 0. The van der Waals surface area contributed by atoms with Crippen LogP contribution < -0.4 is 4.90 Å². The first-order valence-electron chi connectivity index (χ1n) is 5.43. The summed E-state index contributed by atoms with van der Waals surface area (Å²) in [7, 11) is 1.37. The van der Waals surface area contributed by atoms with Crippen molar-refractivity contribution in [1.82, 2.24) is 4.98 Å². The second-order valence-corrected chi connectivity index (χ2v) is 3.87. The van der Waals surface area contributed by atoms with Crippen LogP contribution in [0.25, 0.3) is 0 Å². The molecule has 5 heteroatoms. The first-order valence-corrected chi connectivity index (χ1v) is 5.43. The number of anilines is 1. The number of carbonyl (C=O) groups is 1. The van der Waals surface area contributed by atoms with Crippen LogP contribution in [-0.2, 0) is 9.53 Å². The molecule has 1 aliphatic heterocycles.